The van der Waals surface area contributed by atoms with Gasteiger partial charge in [0, 0.05) is 12.2 Å². The summed E-state index contributed by atoms with van der Waals surface area (Å²) in [5.74, 6) is -2.77. The van der Waals surface area contributed by atoms with E-state index in [1.54, 1.807) is 50.6 Å². The van der Waals surface area contributed by atoms with E-state index < -0.39 is 11.9 Å². The molecule has 46 heavy (non-hydrogen) atoms. The van der Waals surface area contributed by atoms with Gasteiger partial charge in [-0.3, -0.25) is 0 Å². The molecule has 0 amide bonds. The second kappa shape index (κ2) is 21.9. The number of ether oxygens (including phenoxy) is 4. The summed E-state index contributed by atoms with van der Waals surface area (Å²) >= 11 is 0. The van der Waals surface area contributed by atoms with Gasteiger partial charge >= 0.3 is 11.9 Å². The molecule has 0 aliphatic carbocycles. The van der Waals surface area contributed by atoms with Gasteiger partial charge in [-0.2, -0.15) is 19.6 Å². The number of hydrogen-bond donors (Lipinski definition) is 2. The van der Waals surface area contributed by atoms with E-state index in [0.29, 0.717) is 11.5 Å². The molecule has 4 atom stereocenters. The number of rotatable bonds is 25. The molecule has 2 N–H and O–H groups in total. The first-order valence-electron chi connectivity index (χ1n) is 16.3. The van der Waals surface area contributed by atoms with Crippen molar-refractivity contribution in [2.24, 2.45) is 11.8 Å². The van der Waals surface area contributed by atoms with E-state index in [1.807, 2.05) is 24.3 Å². The highest BCUT2D eigenvalue weighted by Crippen LogP contribution is 2.29. The van der Waals surface area contributed by atoms with Crippen LogP contribution in [0.25, 0.3) is 12.2 Å². The van der Waals surface area contributed by atoms with Gasteiger partial charge in [-0.15, -0.1) is 0 Å². The largest absolute Gasteiger partial charge is 0.497 e. The van der Waals surface area contributed by atoms with Gasteiger partial charge in [0.1, 0.15) is 11.5 Å². The first-order chi connectivity index (χ1) is 22.3. The van der Waals surface area contributed by atoms with E-state index in [2.05, 4.69) is 27.7 Å². The van der Waals surface area contributed by atoms with Gasteiger partial charge < -0.3 is 18.9 Å². The molecule has 0 aliphatic rings. The molecule has 10 heteroatoms. The molecule has 0 bridgehead atoms. The summed E-state index contributed by atoms with van der Waals surface area (Å²) in [6, 6.07) is 14.4. The Balaban J connectivity index is 2.43. The molecule has 0 spiro atoms. The van der Waals surface area contributed by atoms with Crippen molar-refractivity contribution in [3.8, 4) is 11.5 Å². The van der Waals surface area contributed by atoms with Crippen molar-refractivity contribution in [1.82, 2.24) is 0 Å². The van der Waals surface area contributed by atoms with Crippen LogP contribution in [0, 0.1) is 11.8 Å². The summed E-state index contributed by atoms with van der Waals surface area (Å²) in [4.78, 5) is 21.0. The zero-order chi connectivity index (χ0) is 33.7. The quantitative estimate of drug-likeness (QED) is 0.0615. The molecule has 258 valence electrons. The Morgan fingerprint density at radius 3 is 1.26 bits per heavy atom. The number of unbranched alkanes of at least 4 members (excludes halogenated alkanes) is 2. The van der Waals surface area contributed by atoms with E-state index in [-0.39, 0.29) is 25.0 Å². The second-order valence-electron chi connectivity index (χ2n) is 11.2. The third-order valence-electron chi connectivity index (χ3n) is 7.85. The average molecular weight is 647 g/mol. The molecule has 2 aromatic rings. The lowest BCUT2D eigenvalue weighted by Crippen LogP contribution is -2.45. The van der Waals surface area contributed by atoms with Crippen LogP contribution in [0.15, 0.2) is 60.7 Å². The van der Waals surface area contributed by atoms with Crippen molar-refractivity contribution in [3.63, 3.8) is 0 Å². The average Bonchev–Trinajstić information content (AvgIpc) is 3.11. The highest BCUT2D eigenvalue weighted by atomic mass is 17.4. The van der Waals surface area contributed by atoms with Crippen LogP contribution in [0.3, 0.4) is 0 Å². The Bertz CT molecular complexity index is 1030. The zero-order valence-electron chi connectivity index (χ0n) is 28.3. The maximum Gasteiger partial charge on any atom is 0.360 e. The van der Waals surface area contributed by atoms with E-state index in [0.717, 1.165) is 62.5 Å². The lowest BCUT2D eigenvalue weighted by atomic mass is 10.0. The van der Waals surface area contributed by atoms with E-state index in [4.69, 9.17) is 38.5 Å². The van der Waals surface area contributed by atoms with Crippen molar-refractivity contribution in [2.75, 3.05) is 27.4 Å². The molecule has 0 fully saturated rings. The molecular formula is C36H54O10. The standard InChI is InChI=1S/C36H54O10/c1-7-11-13-29(9-3)27-41-35(43-37,25-23-31-15-19-33(39-5)20-16-31)45-46-36(44-38,42-28-30(10-4)14-12-8-2)26-24-32-17-21-34(40-6)22-18-32/h15-26,29-30,37-38H,7-14,27-28H2,1-6H3. The van der Waals surface area contributed by atoms with Gasteiger partial charge in [0.15, 0.2) is 0 Å². The molecule has 0 heterocycles. The lowest BCUT2D eigenvalue weighted by Gasteiger charge is -2.32. The molecule has 4 unspecified atom stereocenters. The highest BCUT2D eigenvalue weighted by molar-refractivity contribution is 5.52. The smallest absolute Gasteiger partial charge is 0.360 e. The first-order valence-corrected chi connectivity index (χ1v) is 16.3. The van der Waals surface area contributed by atoms with E-state index in [1.165, 1.54) is 12.2 Å². The van der Waals surface area contributed by atoms with E-state index in [9.17, 15) is 10.5 Å². The van der Waals surface area contributed by atoms with Crippen molar-refractivity contribution < 1.29 is 49.0 Å². The van der Waals surface area contributed by atoms with Gasteiger partial charge in [-0.25, -0.2) is 10.5 Å². The SMILES string of the molecule is CCCCC(CC)COC(C=Cc1ccc(OC)cc1)(OO)OOC(C=Cc1ccc(OC)cc1)(OO)OCC(CC)CCCC. The monoisotopic (exact) mass is 646 g/mol. The molecule has 0 saturated carbocycles. The topological polar surface area (TPSA) is 114 Å². The zero-order valence-corrected chi connectivity index (χ0v) is 28.3. The van der Waals surface area contributed by atoms with Gasteiger partial charge in [0.25, 0.3) is 0 Å². The van der Waals surface area contributed by atoms with Gasteiger partial charge in [-0.1, -0.05) is 103 Å². The maximum atomic E-state index is 10.2. The molecule has 0 saturated heterocycles. The summed E-state index contributed by atoms with van der Waals surface area (Å²) in [7, 11) is 3.18. The van der Waals surface area contributed by atoms with Crippen LogP contribution >= 0.6 is 0 Å². The number of benzene rings is 2. The lowest BCUT2D eigenvalue weighted by molar-refractivity contribution is -0.626. The third kappa shape index (κ3) is 13.5. The summed E-state index contributed by atoms with van der Waals surface area (Å²) in [6.07, 6.45) is 13.7. The van der Waals surface area contributed by atoms with Gasteiger partial charge in [-0.05, 0) is 60.1 Å². The third-order valence-corrected chi connectivity index (χ3v) is 7.85. The fourth-order valence-electron chi connectivity index (χ4n) is 4.55. The van der Waals surface area contributed by atoms with Crippen LogP contribution in [-0.2, 0) is 29.0 Å². The Morgan fingerprint density at radius 2 is 0.978 bits per heavy atom. The van der Waals surface area contributed by atoms with Gasteiger partial charge in [0.2, 0.25) is 0 Å². The Morgan fingerprint density at radius 1 is 0.609 bits per heavy atom. The summed E-state index contributed by atoms with van der Waals surface area (Å²) in [6.45, 7) is 8.78. The molecule has 0 aromatic heterocycles. The van der Waals surface area contributed by atoms with Crippen molar-refractivity contribution in [3.05, 3.63) is 71.8 Å². The van der Waals surface area contributed by atoms with Gasteiger partial charge in [0.05, 0.1) is 27.4 Å². The van der Waals surface area contributed by atoms with Crippen LogP contribution in [0.1, 0.15) is 90.2 Å². The van der Waals surface area contributed by atoms with Crippen LogP contribution in [0.5, 0.6) is 11.5 Å². The van der Waals surface area contributed by atoms with Crippen LogP contribution in [-0.4, -0.2) is 49.9 Å². The van der Waals surface area contributed by atoms with Crippen molar-refractivity contribution >= 4 is 12.2 Å². The highest BCUT2D eigenvalue weighted by Gasteiger charge is 2.42. The Hall–Kier alpha value is -2.80. The predicted molar refractivity (Wildman–Crippen MR) is 178 cm³/mol. The minimum atomic E-state index is -2.24. The Kier molecular flexibility index (Phi) is 18.7. The molecule has 2 rings (SSSR count). The summed E-state index contributed by atoms with van der Waals surface area (Å²) in [5, 5.41) is 20.4. The molecule has 0 aliphatic heterocycles. The fourth-order valence-corrected chi connectivity index (χ4v) is 4.55. The molecule has 10 nitrogen and oxygen atoms in total. The molecule has 0 radical (unpaired) electrons. The predicted octanol–water partition coefficient (Wildman–Crippen LogP) is 9.13. The minimum Gasteiger partial charge on any atom is -0.497 e. The first kappa shape index (κ1) is 39.4. The number of hydrogen-bond acceptors (Lipinski definition) is 10. The summed E-state index contributed by atoms with van der Waals surface area (Å²) < 4.78 is 22.6. The van der Waals surface area contributed by atoms with Crippen LogP contribution < -0.4 is 9.47 Å². The number of methoxy groups -OCH3 is 2. The minimum absolute atomic E-state index is 0.168. The van der Waals surface area contributed by atoms with Crippen LogP contribution in [0.2, 0.25) is 0 Å². The van der Waals surface area contributed by atoms with Crippen LogP contribution in [0.4, 0.5) is 0 Å². The van der Waals surface area contributed by atoms with E-state index >= 15 is 0 Å². The molecule has 2 aromatic carbocycles. The summed E-state index contributed by atoms with van der Waals surface area (Å²) in [5.41, 5.74) is 1.49. The maximum absolute atomic E-state index is 10.2. The van der Waals surface area contributed by atoms with Crippen molar-refractivity contribution in [2.45, 2.75) is 91.0 Å². The molecular weight excluding hydrogens is 592 g/mol. The Labute approximate surface area is 274 Å². The van der Waals surface area contributed by atoms with Crippen molar-refractivity contribution in [1.29, 1.82) is 0 Å². The second-order valence-corrected chi connectivity index (χ2v) is 11.2. The fraction of sp³-hybridized carbons (Fsp3) is 0.556. The normalized spacial score (nSPS) is 15.9.